The summed E-state index contributed by atoms with van der Waals surface area (Å²) in [5.74, 6) is 0.390. The first-order valence-corrected chi connectivity index (χ1v) is 7.43. The Balaban J connectivity index is 2.08. The zero-order valence-electron chi connectivity index (χ0n) is 12.1. The Kier molecular flexibility index (Phi) is 5.38. The van der Waals surface area contributed by atoms with Gasteiger partial charge < -0.3 is 10.6 Å². The minimum absolute atomic E-state index is 0.125. The number of likely N-dealkylation sites (N-methyl/N-ethyl adjacent to an activating group) is 1. The fourth-order valence-corrected chi connectivity index (χ4v) is 3.20. The molecule has 0 spiro atoms. The third kappa shape index (κ3) is 3.70. The Labute approximate surface area is 125 Å². The Morgan fingerprint density at radius 2 is 2.30 bits per heavy atom. The number of benzene rings is 1. The van der Waals surface area contributed by atoms with Crippen LogP contribution in [0.25, 0.3) is 0 Å². The molecule has 2 N–H and O–H groups in total. The maximum Gasteiger partial charge on any atom is 0.128 e. The van der Waals surface area contributed by atoms with E-state index in [0.29, 0.717) is 23.0 Å². The molecule has 0 aromatic heterocycles. The summed E-state index contributed by atoms with van der Waals surface area (Å²) >= 11 is 5.98. The highest BCUT2D eigenvalue weighted by atomic mass is 35.5. The highest BCUT2D eigenvalue weighted by molar-refractivity contribution is 6.30. The summed E-state index contributed by atoms with van der Waals surface area (Å²) in [5.41, 5.74) is 6.46. The molecule has 0 radical (unpaired) electrons. The van der Waals surface area contributed by atoms with Crippen LogP contribution in [0.15, 0.2) is 18.2 Å². The molecule has 1 aliphatic rings. The largest absolute Gasteiger partial charge is 0.329 e. The quantitative estimate of drug-likeness (QED) is 0.906. The van der Waals surface area contributed by atoms with Gasteiger partial charge in [-0.1, -0.05) is 11.6 Å². The number of hydrogen-bond acceptors (Lipinski definition) is 3. The molecular formula is C15H23ClFN3. The third-order valence-corrected chi connectivity index (χ3v) is 4.34. The minimum atomic E-state index is -0.236. The number of halogens is 2. The number of likely N-dealkylation sites (tertiary alicyclic amines) is 1. The molecule has 1 saturated heterocycles. The average Bonchev–Trinajstić information content (AvgIpc) is 2.80. The summed E-state index contributed by atoms with van der Waals surface area (Å²) in [5, 5.41) is 0.550. The first-order chi connectivity index (χ1) is 9.51. The molecule has 0 bridgehead atoms. The van der Waals surface area contributed by atoms with E-state index in [2.05, 4.69) is 16.8 Å². The van der Waals surface area contributed by atoms with Crippen molar-refractivity contribution in [3.05, 3.63) is 34.6 Å². The summed E-state index contributed by atoms with van der Waals surface area (Å²) in [4.78, 5) is 4.48. The molecule has 1 aromatic carbocycles. The Bertz CT molecular complexity index is 455. The monoisotopic (exact) mass is 299 g/mol. The lowest BCUT2D eigenvalue weighted by Crippen LogP contribution is -2.35. The van der Waals surface area contributed by atoms with Gasteiger partial charge in [0.15, 0.2) is 0 Å². The van der Waals surface area contributed by atoms with Crippen LogP contribution in [0.5, 0.6) is 0 Å². The normalized spacial score (nSPS) is 21.6. The van der Waals surface area contributed by atoms with Crippen LogP contribution >= 0.6 is 11.6 Å². The van der Waals surface area contributed by atoms with Crippen molar-refractivity contribution in [3.8, 4) is 0 Å². The lowest BCUT2D eigenvalue weighted by atomic mass is 10.0. The second kappa shape index (κ2) is 6.85. The van der Waals surface area contributed by atoms with E-state index in [9.17, 15) is 4.39 Å². The van der Waals surface area contributed by atoms with E-state index in [1.807, 2.05) is 7.05 Å². The molecule has 20 heavy (non-hydrogen) atoms. The van der Waals surface area contributed by atoms with Crippen LogP contribution in [0.4, 0.5) is 4.39 Å². The van der Waals surface area contributed by atoms with Gasteiger partial charge in [0, 0.05) is 36.3 Å². The van der Waals surface area contributed by atoms with Crippen molar-refractivity contribution in [3.63, 3.8) is 0 Å². The van der Waals surface area contributed by atoms with Gasteiger partial charge in [0.05, 0.1) is 0 Å². The summed E-state index contributed by atoms with van der Waals surface area (Å²) in [6, 6.07) is 4.54. The molecule has 1 aromatic rings. The van der Waals surface area contributed by atoms with Crippen LogP contribution in [0, 0.1) is 11.7 Å². The molecule has 0 saturated carbocycles. The van der Waals surface area contributed by atoms with Crippen LogP contribution < -0.4 is 5.73 Å². The third-order valence-electron chi connectivity index (χ3n) is 4.11. The zero-order chi connectivity index (χ0) is 14.7. The van der Waals surface area contributed by atoms with Gasteiger partial charge in [-0.15, -0.1) is 0 Å². The maximum atomic E-state index is 14.0. The predicted octanol–water partition coefficient (Wildman–Crippen LogP) is 2.36. The topological polar surface area (TPSA) is 32.5 Å². The van der Waals surface area contributed by atoms with Crippen LogP contribution in [-0.4, -0.2) is 50.1 Å². The average molecular weight is 300 g/mol. The van der Waals surface area contributed by atoms with Crippen molar-refractivity contribution in [2.75, 3.05) is 40.3 Å². The van der Waals surface area contributed by atoms with Crippen LogP contribution in [0.2, 0.25) is 5.02 Å². The number of nitrogens with two attached hydrogens (primary N) is 1. The van der Waals surface area contributed by atoms with Crippen molar-refractivity contribution < 1.29 is 4.39 Å². The van der Waals surface area contributed by atoms with Gasteiger partial charge in [0.25, 0.3) is 0 Å². The standard InChI is InChI=1S/C15H23ClFN3/c1-19-6-5-11(9-19)10-20(2)15(8-18)13-7-12(16)3-4-14(13)17/h3-4,7,11,15H,5-6,8-10,18H2,1-2H3. The fraction of sp³-hybridized carbons (Fsp3) is 0.600. The number of hydrogen-bond donors (Lipinski definition) is 1. The number of nitrogens with zero attached hydrogens (tertiary/aromatic N) is 2. The minimum Gasteiger partial charge on any atom is -0.329 e. The zero-order valence-corrected chi connectivity index (χ0v) is 12.9. The van der Waals surface area contributed by atoms with E-state index in [4.69, 9.17) is 17.3 Å². The maximum absolute atomic E-state index is 14.0. The van der Waals surface area contributed by atoms with Crippen molar-refractivity contribution in [1.82, 2.24) is 9.80 Å². The second-order valence-electron chi connectivity index (χ2n) is 5.77. The highest BCUT2D eigenvalue weighted by Gasteiger charge is 2.25. The summed E-state index contributed by atoms with van der Waals surface area (Å²) in [6.45, 7) is 3.55. The Morgan fingerprint density at radius 1 is 1.55 bits per heavy atom. The first-order valence-electron chi connectivity index (χ1n) is 7.05. The van der Waals surface area contributed by atoms with E-state index >= 15 is 0 Å². The highest BCUT2D eigenvalue weighted by Crippen LogP contribution is 2.26. The summed E-state index contributed by atoms with van der Waals surface area (Å²) in [7, 11) is 4.15. The molecule has 2 atom stereocenters. The molecule has 1 aliphatic heterocycles. The van der Waals surface area contributed by atoms with Crippen molar-refractivity contribution in [1.29, 1.82) is 0 Å². The van der Waals surface area contributed by atoms with E-state index in [1.54, 1.807) is 12.1 Å². The molecule has 1 heterocycles. The SMILES string of the molecule is CN1CCC(CN(C)C(CN)c2cc(Cl)ccc2F)C1. The van der Waals surface area contributed by atoms with Crippen molar-refractivity contribution in [2.45, 2.75) is 12.5 Å². The lowest BCUT2D eigenvalue weighted by molar-refractivity contribution is 0.208. The van der Waals surface area contributed by atoms with Crippen molar-refractivity contribution >= 4 is 11.6 Å². The Morgan fingerprint density at radius 3 is 2.90 bits per heavy atom. The Hall–Kier alpha value is -0.680. The number of rotatable bonds is 5. The molecule has 1 fully saturated rings. The van der Waals surface area contributed by atoms with Gasteiger partial charge in [-0.2, -0.15) is 0 Å². The van der Waals surface area contributed by atoms with Crippen molar-refractivity contribution in [2.24, 2.45) is 11.7 Å². The molecule has 0 amide bonds. The van der Waals surface area contributed by atoms with Crippen LogP contribution in [0.3, 0.4) is 0 Å². The van der Waals surface area contributed by atoms with Gasteiger partial charge in [-0.05, 0) is 51.2 Å². The lowest BCUT2D eigenvalue weighted by Gasteiger charge is -2.30. The predicted molar refractivity (Wildman–Crippen MR) is 81.4 cm³/mol. The van der Waals surface area contributed by atoms with Gasteiger partial charge in [-0.3, -0.25) is 4.90 Å². The summed E-state index contributed by atoms with van der Waals surface area (Å²) in [6.07, 6.45) is 1.19. The van der Waals surface area contributed by atoms with E-state index < -0.39 is 0 Å². The molecule has 3 nitrogen and oxygen atoms in total. The smallest absolute Gasteiger partial charge is 0.128 e. The van der Waals surface area contributed by atoms with E-state index in [-0.39, 0.29) is 11.9 Å². The second-order valence-corrected chi connectivity index (χ2v) is 6.21. The van der Waals surface area contributed by atoms with Crippen LogP contribution in [-0.2, 0) is 0 Å². The van der Waals surface area contributed by atoms with Gasteiger partial charge in [0.1, 0.15) is 5.82 Å². The van der Waals surface area contributed by atoms with Gasteiger partial charge >= 0.3 is 0 Å². The fourth-order valence-electron chi connectivity index (χ4n) is 3.02. The van der Waals surface area contributed by atoms with Gasteiger partial charge in [-0.25, -0.2) is 4.39 Å². The molecular weight excluding hydrogens is 277 g/mol. The molecule has 2 unspecified atom stereocenters. The van der Waals surface area contributed by atoms with E-state index in [0.717, 1.165) is 19.6 Å². The summed E-state index contributed by atoms with van der Waals surface area (Å²) < 4.78 is 14.0. The molecule has 2 rings (SSSR count). The van der Waals surface area contributed by atoms with Gasteiger partial charge in [0.2, 0.25) is 0 Å². The first kappa shape index (κ1) is 15.7. The van der Waals surface area contributed by atoms with Crippen LogP contribution in [0.1, 0.15) is 18.0 Å². The molecule has 0 aliphatic carbocycles. The molecule has 112 valence electrons. The van der Waals surface area contributed by atoms with E-state index in [1.165, 1.54) is 12.5 Å². The molecule has 5 heteroatoms.